The largest absolute Gasteiger partial charge is 0.385 e. The van der Waals surface area contributed by atoms with Crippen molar-refractivity contribution in [2.75, 3.05) is 20.3 Å². The van der Waals surface area contributed by atoms with Crippen LogP contribution in [0.25, 0.3) is 0 Å². The van der Waals surface area contributed by atoms with Crippen molar-refractivity contribution >= 4 is 17.7 Å². The summed E-state index contributed by atoms with van der Waals surface area (Å²) in [5, 5.41) is 0. The number of hydrogen-bond acceptors (Lipinski definition) is 4. The highest BCUT2D eigenvalue weighted by Gasteiger charge is 2.35. The van der Waals surface area contributed by atoms with Crippen LogP contribution in [0.4, 0.5) is 0 Å². The van der Waals surface area contributed by atoms with E-state index in [4.69, 9.17) is 4.74 Å². The van der Waals surface area contributed by atoms with Crippen LogP contribution in [-0.4, -0.2) is 47.8 Å². The lowest BCUT2D eigenvalue weighted by molar-refractivity contribution is 0.0638. The third-order valence-electron chi connectivity index (χ3n) is 5.67. The molecule has 6 nitrogen and oxygen atoms in total. The fourth-order valence-corrected chi connectivity index (χ4v) is 3.98. The molecule has 1 aliphatic heterocycles. The number of carbonyl (C=O) groups is 3. The zero-order valence-corrected chi connectivity index (χ0v) is 18.6. The molecule has 0 saturated heterocycles. The van der Waals surface area contributed by atoms with Gasteiger partial charge in [-0.3, -0.25) is 19.3 Å². The van der Waals surface area contributed by atoms with Crippen LogP contribution in [0.1, 0.15) is 48.6 Å². The van der Waals surface area contributed by atoms with Gasteiger partial charge in [-0.25, -0.2) is 0 Å². The molecule has 6 heteroatoms. The molecule has 33 heavy (non-hydrogen) atoms. The second-order valence-electron chi connectivity index (χ2n) is 8.00. The van der Waals surface area contributed by atoms with E-state index in [0.29, 0.717) is 37.2 Å². The van der Waals surface area contributed by atoms with Gasteiger partial charge in [0.05, 0.1) is 11.1 Å². The van der Waals surface area contributed by atoms with Gasteiger partial charge in [0.2, 0.25) is 0 Å². The second kappa shape index (κ2) is 10.2. The summed E-state index contributed by atoms with van der Waals surface area (Å²) in [6.45, 7) is 1.62. The summed E-state index contributed by atoms with van der Waals surface area (Å²) in [5.41, 5.74) is 3.03. The molecular formula is C27H26N2O4. The lowest BCUT2D eigenvalue weighted by atomic mass is 10.0. The molecule has 0 aromatic heterocycles. The van der Waals surface area contributed by atoms with Gasteiger partial charge in [-0.1, -0.05) is 60.7 Å². The van der Waals surface area contributed by atoms with Crippen molar-refractivity contribution in [3.8, 4) is 0 Å². The van der Waals surface area contributed by atoms with Gasteiger partial charge in [0.15, 0.2) is 0 Å². The first kappa shape index (κ1) is 22.4. The SMILES string of the molecule is COCCCN1C(=O)c2ccc(C(=O)N(Cc3ccccc3)Cc3ccccc3)cc2C1=O. The fraction of sp³-hybridized carbons (Fsp3) is 0.222. The first-order valence-corrected chi connectivity index (χ1v) is 10.9. The van der Waals surface area contributed by atoms with Gasteiger partial charge in [0, 0.05) is 38.9 Å². The van der Waals surface area contributed by atoms with Crippen LogP contribution in [0.3, 0.4) is 0 Å². The summed E-state index contributed by atoms with van der Waals surface area (Å²) in [5.74, 6) is -0.877. The normalized spacial score (nSPS) is 12.7. The van der Waals surface area contributed by atoms with Crippen molar-refractivity contribution in [1.82, 2.24) is 9.80 Å². The van der Waals surface area contributed by atoms with E-state index >= 15 is 0 Å². The third kappa shape index (κ3) is 5.02. The molecule has 3 amide bonds. The molecule has 4 rings (SSSR count). The summed E-state index contributed by atoms with van der Waals surface area (Å²) in [7, 11) is 1.58. The minimum absolute atomic E-state index is 0.191. The summed E-state index contributed by atoms with van der Waals surface area (Å²) in [4.78, 5) is 42.0. The summed E-state index contributed by atoms with van der Waals surface area (Å²) >= 11 is 0. The van der Waals surface area contributed by atoms with Crippen LogP contribution in [-0.2, 0) is 17.8 Å². The molecule has 0 aliphatic carbocycles. The molecule has 3 aromatic carbocycles. The van der Waals surface area contributed by atoms with Gasteiger partial charge < -0.3 is 9.64 Å². The molecule has 0 atom stereocenters. The number of hydrogen-bond donors (Lipinski definition) is 0. The van der Waals surface area contributed by atoms with E-state index in [1.165, 1.54) is 4.90 Å². The lowest BCUT2D eigenvalue weighted by Crippen LogP contribution is -2.31. The Balaban J connectivity index is 1.59. The average molecular weight is 443 g/mol. The number of amides is 3. The lowest BCUT2D eigenvalue weighted by Gasteiger charge is -2.23. The number of imide groups is 1. The van der Waals surface area contributed by atoms with E-state index in [1.807, 2.05) is 60.7 Å². The molecular weight excluding hydrogens is 416 g/mol. The molecule has 168 valence electrons. The van der Waals surface area contributed by atoms with E-state index in [0.717, 1.165) is 11.1 Å². The highest BCUT2D eigenvalue weighted by atomic mass is 16.5. The van der Waals surface area contributed by atoms with Crippen molar-refractivity contribution in [3.05, 3.63) is 107 Å². The Kier molecular flexibility index (Phi) is 6.95. The van der Waals surface area contributed by atoms with Crippen LogP contribution >= 0.6 is 0 Å². The van der Waals surface area contributed by atoms with Gasteiger partial charge in [-0.05, 0) is 35.7 Å². The smallest absolute Gasteiger partial charge is 0.261 e. The number of ether oxygens (including phenoxy) is 1. The van der Waals surface area contributed by atoms with Crippen LogP contribution in [0.5, 0.6) is 0 Å². The van der Waals surface area contributed by atoms with E-state index in [2.05, 4.69) is 0 Å². The number of benzene rings is 3. The fourth-order valence-electron chi connectivity index (χ4n) is 3.98. The molecule has 0 fully saturated rings. The highest BCUT2D eigenvalue weighted by molar-refractivity contribution is 6.22. The molecule has 0 radical (unpaired) electrons. The summed E-state index contributed by atoms with van der Waals surface area (Å²) < 4.78 is 5.02. The number of carbonyl (C=O) groups excluding carboxylic acids is 3. The molecule has 1 aliphatic rings. The van der Waals surface area contributed by atoms with Crippen LogP contribution in [0.15, 0.2) is 78.9 Å². The molecule has 0 unspecified atom stereocenters. The zero-order chi connectivity index (χ0) is 23.2. The Bertz CT molecular complexity index is 1100. The molecule has 0 N–H and O–H groups in total. The standard InChI is InChI=1S/C27H26N2O4/c1-33-16-8-15-29-26(31)23-14-13-22(17-24(23)27(29)32)25(30)28(18-20-9-4-2-5-10-20)19-21-11-6-3-7-12-21/h2-7,9-14,17H,8,15-16,18-19H2,1H3. The van der Waals surface area contributed by atoms with Crippen molar-refractivity contribution in [2.45, 2.75) is 19.5 Å². The topological polar surface area (TPSA) is 66.9 Å². The number of rotatable bonds is 9. The van der Waals surface area contributed by atoms with E-state index in [-0.39, 0.29) is 29.8 Å². The number of nitrogens with zero attached hydrogens (tertiary/aromatic N) is 2. The van der Waals surface area contributed by atoms with Crippen LogP contribution in [0, 0.1) is 0 Å². The van der Waals surface area contributed by atoms with Crippen molar-refractivity contribution in [3.63, 3.8) is 0 Å². The highest BCUT2D eigenvalue weighted by Crippen LogP contribution is 2.25. The first-order valence-electron chi connectivity index (χ1n) is 10.9. The van der Waals surface area contributed by atoms with Gasteiger partial charge in [-0.15, -0.1) is 0 Å². The quantitative estimate of drug-likeness (QED) is 0.369. The average Bonchev–Trinajstić information content (AvgIpc) is 3.09. The maximum atomic E-state index is 13.5. The molecule has 0 spiro atoms. The van der Waals surface area contributed by atoms with Crippen molar-refractivity contribution < 1.29 is 19.1 Å². The predicted molar refractivity (Wildman–Crippen MR) is 125 cm³/mol. The molecule has 0 saturated carbocycles. The van der Waals surface area contributed by atoms with Gasteiger partial charge in [0.1, 0.15) is 0 Å². The molecule has 3 aromatic rings. The van der Waals surface area contributed by atoms with Crippen molar-refractivity contribution in [2.24, 2.45) is 0 Å². The maximum Gasteiger partial charge on any atom is 0.261 e. The molecule has 0 bridgehead atoms. The Labute approximate surface area is 193 Å². The number of fused-ring (bicyclic) bond motifs is 1. The third-order valence-corrected chi connectivity index (χ3v) is 5.67. The monoisotopic (exact) mass is 442 g/mol. The van der Waals surface area contributed by atoms with Crippen molar-refractivity contribution in [1.29, 1.82) is 0 Å². The van der Waals surface area contributed by atoms with Crippen LogP contribution in [0.2, 0.25) is 0 Å². The Morgan fingerprint density at radius 2 is 1.39 bits per heavy atom. The van der Waals surface area contributed by atoms with E-state index in [9.17, 15) is 14.4 Å². The summed E-state index contributed by atoms with van der Waals surface area (Å²) in [6.07, 6.45) is 0.565. The minimum Gasteiger partial charge on any atom is -0.385 e. The Hall–Kier alpha value is -3.77. The van der Waals surface area contributed by atoms with Crippen LogP contribution < -0.4 is 0 Å². The second-order valence-corrected chi connectivity index (χ2v) is 8.00. The zero-order valence-electron chi connectivity index (χ0n) is 18.6. The van der Waals surface area contributed by atoms with E-state index < -0.39 is 0 Å². The van der Waals surface area contributed by atoms with Gasteiger partial charge in [0.25, 0.3) is 17.7 Å². The first-order chi connectivity index (χ1) is 16.1. The summed E-state index contributed by atoms with van der Waals surface area (Å²) in [6, 6.07) is 24.3. The predicted octanol–water partition coefficient (Wildman–Crippen LogP) is 4.16. The molecule has 1 heterocycles. The van der Waals surface area contributed by atoms with E-state index in [1.54, 1.807) is 30.2 Å². The number of methoxy groups -OCH3 is 1. The maximum absolute atomic E-state index is 13.5. The Morgan fingerprint density at radius 3 is 1.97 bits per heavy atom. The van der Waals surface area contributed by atoms with Gasteiger partial charge >= 0.3 is 0 Å². The van der Waals surface area contributed by atoms with Gasteiger partial charge in [-0.2, -0.15) is 0 Å². The Morgan fingerprint density at radius 1 is 0.818 bits per heavy atom. The minimum atomic E-state index is -0.363.